The lowest BCUT2D eigenvalue weighted by Crippen LogP contribution is -2.21. The molecule has 106 valence electrons. The number of esters is 1. The van der Waals surface area contributed by atoms with E-state index in [-0.39, 0.29) is 17.6 Å². The first kappa shape index (κ1) is 14.4. The molecule has 0 saturated heterocycles. The maximum Gasteiger partial charge on any atom is 0.319 e. The Balaban J connectivity index is 2.13. The maximum atomic E-state index is 13.4. The predicted molar refractivity (Wildman–Crippen MR) is 70.4 cm³/mol. The van der Waals surface area contributed by atoms with Gasteiger partial charge >= 0.3 is 5.97 Å². The standard InChI is InChI=1S/C14H12ClFO4/c1-18-14(17)9(11-6-7-13(15)20-11)8-19-12-5-3-2-4-10(12)16/h2-7,9H,8H2,1H3. The Hall–Kier alpha value is -2.01. The minimum absolute atomic E-state index is 0.0547. The summed E-state index contributed by atoms with van der Waals surface area (Å²) in [6, 6.07) is 8.98. The van der Waals surface area contributed by atoms with Crippen LogP contribution in [-0.4, -0.2) is 19.7 Å². The third-order valence-electron chi connectivity index (χ3n) is 2.67. The van der Waals surface area contributed by atoms with Crippen LogP contribution < -0.4 is 4.74 Å². The number of carbonyl (C=O) groups is 1. The van der Waals surface area contributed by atoms with Gasteiger partial charge in [-0.05, 0) is 35.9 Å². The lowest BCUT2D eigenvalue weighted by molar-refractivity contribution is -0.143. The largest absolute Gasteiger partial charge is 0.489 e. The molecule has 0 fully saturated rings. The lowest BCUT2D eigenvalue weighted by atomic mass is 10.1. The molecule has 1 aromatic heterocycles. The number of rotatable bonds is 5. The summed E-state index contributed by atoms with van der Waals surface area (Å²) in [6.07, 6.45) is 0. The number of hydrogen-bond donors (Lipinski definition) is 0. The average Bonchev–Trinajstić information content (AvgIpc) is 2.87. The van der Waals surface area contributed by atoms with Crippen molar-refractivity contribution in [2.75, 3.05) is 13.7 Å². The molecule has 0 saturated carbocycles. The van der Waals surface area contributed by atoms with Crippen LogP contribution in [0.15, 0.2) is 40.8 Å². The van der Waals surface area contributed by atoms with Crippen molar-refractivity contribution in [1.29, 1.82) is 0 Å². The molecule has 0 aliphatic carbocycles. The second kappa shape index (κ2) is 6.43. The highest BCUT2D eigenvalue weighted by Crippen LogP contribution is 2.25. The van der Waals surface area contributed by atoms with E-state index in [0.29, 0.717) is 5.76 Å². The van der Waals surface area contributed by atoms with Gasteiger partial charge in [0, 0.05) is 0 Å². The van der Waals surface area contributed by atoms with Gasteiger partial charge in [-0.2, -0.15) is 0 Å². The Kier molecular flexibility index (Phi) is 4.63. The highest BCUT2D eigenvalue weighted by Gasteiger charge is 2.26. The second-order valence-corrected chi connectivity index (χ2v) is 4.33. The second-order valence-electron chi connectivity index (χ2n) is 3.96. The number of carbonyl (C=O) groups excluding carboxylic acids is 1. The van der Waals surface area contributed by atoms with Crippen LogP contribution in [0.2, 0.25) is 5.22 Å². The maximum absolute atomic E-state index is 13.4. The van der Waals surface area contributed by atoms with Gasteiger partial charge in [0.05, 0.1) is 7.11 Å². The molecular weight excluding hydrogens is 287 g/mol. The molecule has 0 amide bonds. The predicted octanol–water partition coefficient (Wildman–Crippen LogP) is 3.41. The van der Waals surface area contributed by atoms with Gasteiger partial charge in [0.2, 0.25) is 0 Å². The average molecular weight is 299 g/mol. The normalized spacial score (nSPS) is 11.9. The van der Waals surface area contributed by atoms with E-state index < -0.39 is 17.7 Å². The Morgan fingerprint density at radius 3 is 2.70 bits per heavy atom. The van der Waals surface area contributed by atoms with Crippen LogP contribution in [0.25, 0.3) is 0 Å². The van der Waals surface area contributed by atoms with Crippen molar-refractivity contribution in [2.24, 2.45) is 0 Å². The van der Waals surface area contributed by atoms with Crippen LogP contribution in [0, 0.1) is 5.82 Å². The fourth-order valence-electron chi connectivity index (χ4n) is 1.66. The number of halogens is 2. The fraction of sp³-hybridized carbons (Fsp3) is 0.214. The van der Waals surface area contributed by atoms with Gasteiger partial charge in [0.25, 0.3) is 0 Å². The Morgan fingerprint density at radius 1 is 1.35 bits per heavy atom. The van der Waals surface area contributed by atoms with Crippen molar-refractivity contribution in [3.63, 3.8) is 0 Å². The summed E-state index contributed by atoms with van der Waals surface area (Å²) < 4.78 is 28.6. The summed E-state index contributed by atoms with van der Waals surface area (Å²) in [5.74, 6) is -1.51. The van der Waals surface area contributed by atoms with Crippen molar-refractivity contribution in [3.05, 3.63) is 53.2 Å². The molecule has 6 heteroatoms. The molecule has 0 aliphatic heterocycles. The fourth-order valence-corrected chi connectivity index (χ4v) is 1.81. The van der Waals surface area contributed by atoms with E-state index in [2.05, 4.69) is 4.74 Å². The lowest BCUT2D eigenvalue weighted by Gasteiger charge is -2.13. The summed E-state index contributed by atoms with van der Waals surface area (Å²) in [7, 11) is 1.25. The molecule has 0 aliphatic rings. The van der Waals surface area contributed by atoms with E-state index in [1.165, 1.54) is 25.3 Å². The molecule has 1 atom stereocenters. The van der Waals surface area contributed by atoms with E-state index in [4.69, 9.17) is 20.8 Å². The van der Waals surface area contributed by atoms with Crippen molar-refractivity contribution >= 4 is 17.6 Å². The van der Waals surface area contributed by atoms with E-state index in [0.717, 1.165) is 0 Å². The number of ether oxygens (including phenoxy) is 2. The number of benzene rings is 1. The quantitative estimate of drug-likeness (QED) is 0.794. The minimum Gasteiger partial charge on any atom is -0.489 e. The van der Waals surface area contributed by atoms with E-state index in [1.807, 2.05) is 0 Å². The number of hydrogen-bond acceptors (Lipinski definition) is 4. The zero-order valence-corrected chi connectivity index (χ0v) is 11.4. The van der Waals surface area contributed by atoms with Gasteiger partial charge in [0.1, 0.15) is 18.3 Å². The Labute approximate surface area is 120 Å². The molecule has 1 aromatic carbocycles. The molecule has 4 nitrogen and oxygen atoms in total. The highest BCUT2D eigenvalue weighted by atomic mass is 35.5. The highest BCUT2D eigenvalue weighted by molar-refractivity contribution is 6.28. The van der Waals surface area contributed by atoms with E-state index in [1.54, 1.807) is 18.2 Å². The molecule has 0 radical (unpaired) electrons. The summed E-state index contributed by atoms with van der Waals surface area (Å²) in [5, 5.41) is 0.153. The van der Waals surface area contributed by atoms with Gasteiger partial charge in [-0.1, -0.05) is 12.1 Å². The number of methoxy groups -OCH3 is 1. The van der Waals surface area contributed by atoms with Gasteiger partial charge < -0.3 is 13.9 Å². The van der Waals surface area contributed by atoms with Gasteiger partial charge in [-0.15, -0.1) is 0 Å². The summed E-state index contributed by atoms with van der Waals surface area (Å²) in [4.78, 5) is 11.7. The van der Waals surface area contributed by atoms with Gasteiger partial charge in [-0.25, -0.2) is 4.39 Å². The van der Waals surface area contributed by atoms with Crippen LogP contribution in [0.3, 0.4) is 0 Å². The minimum atomic E-state index is -0.813. The van der Waals surface area contributed by atoms with Crippen LogP contribution in [0.5, 0.6) is 5.75 Å². The van der Waals surface area contributed by atoms with Crippen LogP contribution in [0.1, 0.15) is 11.7 Å². The monoisotopic (exact) mass is 298 g/mol. The zero-order valence-electron chi connectivity index (χ0n) is 10.6. The smallest absolute Gasteiger partial charge is 0.319 e. The molecule has 2 rings (SSSR count). The zero-order chi connectivity index (χ0) is 14.5. The van der Waals surface area contributed by atoms with Crippen LogP contribution in [-0.2, 0) is 9.53 Å². The third kappa shape index (κ3) is 3.30. The number of furan rings is 1. The Morgan fingerprint density at radius 2 is 2.10 bits per heavy atom. The molecule has 1 heterocycles. The van der Waals surface area contributed by atoms with E-state index >= 15 is 0 Å². The molecule has 1 unspecified atom stereocenters. The van der Waals surface area contributed by atoms with Gasteiger partial charge in [-0.3, -0.25) is 4.79 Å². The molecule has 2 aromatic rings. The third-order valence-corrected chi connectivity index (χ3v) is 2.87. The van der Waals surface area contributed by atoms with Crippen molar-refractivity contribution in [3.8, 4) is 5.75 Å². The van der Waals surface area contributed by atoms with Crippen molar-refractivity contribution in [1.82, 2.24) is 0 Å². The topological polar surface area (TPSA) is 48.7 Å². The first-order valence-electron chi connectivity index (χ1n) is 5.82. The first-order chi connectivity index (χ1) is 9.61. The molecule has 0 N–H and O–H groups in total. The van der Waals surface area contributed by atoms with Crippen molar-refractivity contribution in [2.45, 2.75) is 5.92 Å². The summed E-state index contributed by atoms with van der Waals surface area (Å²) in [5.41, 5.74) is 0. The van der Waals surface area contributed by atoms with Gasteiger partial charge in [0.15, 0.2) is 16.8 Å². The SMILES string of the molecule is COC(=O)C(COc1ccccc1F)c1ccc(Cl)o1. The molecule has 0 bridgehead atoms. The number of para-hydroxylation sites is 1. The summed E-state index contributed by atoms with van der Waals surface area (Å²) >= 11 is 5.68. The molecule has 0 spiro atoms. The van der Waals surface area contributed by atoms with Crippen molar-refractivity contribution < 1.29 is 23.1 Å². The van der Waals surface area contributed by atoms with E-state index in [9.17, 15) is 9.18 Å². The first-order valence-corrected chi connectivity index (χ1v) is 6.20. The Bertz CT molecular complexity index is 596. The molecule has 20 heavy (non-hydrogen) atoms. The van der Waals surface area contributed by atoms with Crippen LogP contribution in [0.4, 0.5) is 4.39 Å². The summed E-state index contributed by atoms with van der Waals surface area (Å²) in [6.45, 7) is -0.114. The molecular formula is C14H12ClFO4. The van der Waals surface area contributed by atoms with Crippen LogP contribution >= 0.6 is 11.6 Å².